The molecule has 0 atom stereocenters. The Morgan fingerprint density at radius 3 is 2.75 bits per heavy atom. The number of benzene rings is 1. The molecule has 1 aliphatic rings. The second-order valence-corrected chi connectivity index (χ2v) is 5.58. The number of imidazole rings is 1. The normalized spacial score (nSPS) is 14.8. The minimum atomic E-state index is 0.519. The lowest BCUT2D eigenvalue weighted by Crippen LogP contribution is -1.98. The maximum Gasteiger partial charge on any atom is 0.142 e. The van der Waals surface area contributed by atoms with Crippen LogP contribution in [0.4, 0.5) is 5.82 Å². The highest BCUT2D eigenvalue weighted by Gasteiger charge is 2.28. The van der Waals surface area contributed by atoms with E-state index in [-0.39, 0.29) is 0 Å². The summed E-state index contributed by atoms with van der Waals surface area (Å²) in [5.41, 5.74) is 8.69. The van der Waals surface area contributed by atoms with E-state index < -0.39 is 0 Å². The number of fused-ring (bicyclic) bond motifs is 1. The molecule has 0 unspecified atom stereocenters. The van der Waals surface area contributed by atoms with Gasteiger partial charge in [-0.05, 0) is 43.2 Å². The third kappa shape index (κ3) is 1.84. The largest absolute Gasteiger partial charge is 0.384 e. The van der Waals surface area contributed by atoms with E-state index in [1.54, 1.807) is 12.3 Å². The summed E-state index contributed by atoms with van der Waals surface area (Å²) < 4.78 is 2.27. The molecular weight excluding hydrogens is 272 g/mol. The molecule has 2 N–H and O–H groups in total. The van der Waals surface area contributed by atoms with Gasteiger partial charge in [0.05, 0.1) is 11.0 Å². The van der Waals surface area contributed by atoms with Gasteiger partial charge in [0, 0.05) is 22.8 Å². The number of hydrogen-bond donors (Lipinski definition) is 1. The highest BCUT2D eigenvalue weighted by molar-refractivity contribution is 6.31. The van der Waals surface area contributed by atoms with Crippen LogP contribution in [0.25, 0.3) is 22.4 Å². The summed E-state index contributed by atoms with van der Waals surface area (Å²) in [5.74, 6) is 1.46. The standard InChI is InChI=1S/C15H13ClN4/c16-10-2-5-12-13(7-10)20(11-3-4-11)15(19-12)9-1-6-14(17)18-8-9/h1-2,5-8,11H,3-4H2,(H2,17,18). The van der Waals surface area contributed by atoms with Crippen LogP contribution in [-0.2, 0) is 0 Å². The summed E-state index contributed by atoms with van der Waals surface area (Å²) in [5, 5.41) is 0.737. The first kappa shape index (κ1) is 11.7. The van der Waals surface area contributed by atoms with Crippen molar-refractivity contribution in [1.82, 2.24) is 14.5 Å². The summed E-state index contributed by atoms with van der Waals surface area (Å²) in [4.78, 5) is 8.90. The summed E-state index contributed by atoms with van der Waals surface area (Å²) in [7, 11) is 0. The Kier molecular flexibility index (Phi) is 2.47. The van der Waals surface area contributed by atoms with E-state index in [1.165, 1.54) is 12.8 Å². The van der Waals surface area contributed by atoms with E-state index >= 15 is 0 Å². The molecule has 1 fully saturated rings. The fraction of sp³-hybridized carbons (Fsp3) is 0.200. The van der Waals surface area contributed by atoms with Gasteiger partial charge in [-0.2, -0.15) is 0 Å². The van der Waals surface area contributed by atoms with Crippen molar-refractivity contribution in [2.24, 2.45) is 0 Å². The molecule has 1 aromatic carbocycles. The first-order chi connectivity index (χ1) is 9.72. The van der Waals surface area contributed by atoms with Gasteiger partial charge < -0.3 is 10.3 Å². The number of nitrogens with zero attached hydrogens (tertiary/aromatic N) is 3. The molecule has 5 heteroatoms. The Hall–Kier alpha value is -2.07. The maximum atomic E-state index is 6.12. The quantitative estimate of drug-likeness (QED) is 0.781. The van der Waals surface area contributed by atoms with Gasteiger partial charge in [0.15, 0.2) is 0 Å². The SMILES string of the molecule is Nc1ccc(-c2nc3ccc(Cl)cc3n2C2CC2)cn1. The predicted octanol–water partition coefficient (Wildman–Crippen LogP) is 3.67. The van der Waals surface area contributed by atoms with E-state index in [0.717, 1.165) is 27.4 Å². The summed E-state index contributed by atoms with van der Waals surface area (Å²) in [6, 6.07) is 10.1. The number of halogens is 1. The minimum absolute atomic E-state index is 0.519. The molecule has 1 saturated carbocycles. The van der Waals surface area contributed by atoms with Crippen LogP contribution < -0.4 is 5.73 Å². The fourth-order valence-corrected chi connectivity index (χ4v) is 2.68. The molecule has 100 valence electrons. The molecule has 3 aromatic rings. The number of pyridine rings is 1. The van der Waals surface area contributed by atoms with E-state index in [2.05, 4.69) is 9.55 Å². The van der Waals surface area contributed by atoms with Crippen LogP contribution in [-0.4, -0.2) is 14.5 Å². The van der Waals surface area contributed by atoms with Crippen molar-refractivity contribution in [3.8, 4) is 11.4 Å². The third-order valence-corrected chi connectivity index (χ3v) is 3.84. The van der Waals surface area contributed by atoms with Crippen molar-refractivity contribution in [3.63, 3.8) is 0 Å². The van der Waals surface area contributed by atoms with E-state index in [4.69, 9.17) is 22.3 Å². The predicted molar refractivity (Wildman–Crippen MR) is 80.7 cm³/mol. The summed E-state index contributed by atoms with van der Waals surface area (Å²) >= 11 is 6.12. The molecular formula is C15H13ClN4. The Labute approximate surface area is 121 Å². The fourth-order valence-electron chi connectivity index (χ4n) is 2.51. The molecule has 0 saturated heterocycles. The van der Waals surface area contributed by atoms with E-state index in [1.807, 2.05) is 24.3 Å². The summed E-state index contributed by atoms with van der Waals surface area (Å²) in [6.45, 7) is 0. The zero-order valence-electron chi connectivity index (χ0n) is 10.8. The Morgan fingerprint density at radius 2 is 2.05 bits per heavy atom. The minimum Gasteiger partial charge on any atom is -0.384 e. The smallest absolute Gasteiger partial charge is 0.142 e. The third-order valence-electron chi connectivity index (χ3n) is 3.61. The van der Waals surface area contributed by atoms with Crippen molar-refractivity contribution in [2.45, 2.75) is 18.9 Å². The molecule has 4 rings (SSSR count). The Bertz CT molecular complexity index is 787. The van der Waals surface area contributed by atoms with Crippen molar-refractivity contribution >= 4 is 28.5 Å². The van der Waals surface area contributed by atoms with Crippen molar-refractivity contribution < 1.29 is 0 Å². The van der Waals surface area contributed by atoms with E-state index in [0.29, 0.717) is 11.9 Å². The first-order valence-corrected chi connectivity index (χ1v) is 6.99. The average molecular weight is 285 g/mol. The van der Waals surface area contributed by atoms with Gasteiger partial charge in [-0.25, -0.2) is 9.97 Å². The van der Waals surface area contributed by atoms with Crippen LogP contribution in [0.15, 0.2) is 36.5 Å². The van der Waals surface area contributed by atoms with E-state index in [9.17, 15) is 0 Å². The van der Waals surface area contributed by atoms with Gasteiger partial charge in [0.2, 0.25) is 0 Å². The van der Waals surface area contributed by atoms with Gasteiger partial charge in [-0.3, -0.25) is 0 Å². The number of anilines is 1. The van der Waals surface area contributed by atoms with Crippen LogP contribution in [0.3, 0.4) is 0 Å². The molecule has 2 heterocycles. The van der Waals surface area contributed by atoms with Gasteiger partial charge in [-0.15, -0.1) is 0 Å². The molecule has 1 aliphatic carbocycles. The molecule has 0 bridgehead atoms. The van der Waals surface area contributed by atoms with Crippen molar-refractivity contribution in [2.75, 3.05) is 5.73 Å². The zero-order valence-corrected chi connectivity index (χ0v) is 11.5. The summed E-state index contributed by atoms with van der Waals surface area (Å²) in [6.07, 6.45) is 4.15. The van der Waals surface area contributed by atoms with Crippen molar-refractivity contribution in [1.29, 1.82) is 0 Å². The molecule has 0 aliphatic heterocycles. The van der Waals surface area contributed by atoms with Crippen LogP contribution in [0.1, 0.15) is 18.9 Å². The van der Waals surface area contributed by atoms with Crippen molar-refractivity contribution in [3.05, 3.63) is 41.6 Å². The van der Waals surface area contributed by atoms with Crippen LogP contribution in [0.5, 0.6) is 0 Å². The average Bonchev–Trinajstić information content (AvgIpc) is 3.21. The second kappa shape index (κ2) is 4.21. The van der Waals surface area contributed by atoms with Crippen LogP contribution in [0, 0.1) is 0 Å². The highest BCUT2D eigenvalue weighted by atomic mass is 35.5. The first-order valence-electron chi connectivity index (χ1n) is 6.62. The zero-order chi connectivity index (χ0) is 13.7. The monoisotopic (exact) mass is 284 g/mol. The lowest BCUT2D eigenvalue weighted by Gasteiger charge is -2.07. The Morgan fingerprint density at radius 1 is 1.20 bits per heavy atom. The maximum absolute atomic E-state index is 6.12. The van der Waals surface area contributed by atoms with Gasteiger partial charge in [-0.1, -0.05) is 11.6 Å². The molecule has 0 spiro atoms. The number of rotatable bonds is 2. The number of aromatic nitrogens is 3. The number of nitrogens with two attached hydrogens (primary N) is 1. The number of nitrogen functional groups attached to an aromatic ring is 1. The second-order valence-electron chi connectivity index (χ2n) is 5.14. The lowest BCUT2D eigenvalue weighted by molar-refractivity contribution is 0.775. The van der Waals surface area contributed by atoms with Gasteiger partial charge in [0.25, 0.3) is 0 Å². The van der Waals surface area contributed by atoms with Crippen LogP contribution >= 0.6 is 11.6 Å². The van der Waals surface area contributed by atoms with Crippen LogP contribution in [0.2, 0.25) is 5.02 Å². The van der Waals surface area contributed by atoms with Gasteiger partial charge >= 0.3 is 0 Å². The molecule has 2 aromatic heterocycles. The molecule has 0 amide bonds. The lowest BCUT2D eigenvalue weighted by atomic mass is 10.2. The highest BCUT2D eigenvalue weighted by Crippen LogP contribution is 2.41. The molecule has 4 nitrogen and oxygen atoms in total. The Balaban J connectivity index is 1.98. The number of hydrogen-bond acceptors (Lipinski definition) is 3. The topological polar surface area (TPSA) is 56.7 Å². The van der Waals surface area contributed by atoms with Gasteiger partial charge in [0.1, 0.15) is 11.6 Å². The molecule has 20 heavy (non-hydrogen) atoms. The molecule has 0 radical (unpaired) electrons.